The zero-order valence-electron chi connectivity index (χ0n) is 14.9. The van der Waals surface area contributed by atoms with Gasteiger partial charge < -0.3 is 14.4 Å². The number of aromatic amines is 1. The van der Waals surface area contributed by atoms with Crippen LogP contribution in [-0.2, 0) is 4.79 Å². The highest BCUT2D eigenvalue weighted by Crippen LogP contribution is 2.30. The number of rotatable bonds is 5. The van der Waals surface area contributed by atoms with Gasteiger partial charge in [0.25, 0.3) is 5.91 Å². The Kier molecular flexibility index (Phi) is 4.66. The van der Waals surface area contributed by atoms with Crippen LogP contribution in [0.25, 0.3) is 22.4 Å². The van der Waals surface area contributed by atoms with Crippen molar-refractivity contribution in [2.24, 2.45) is 5.92 Å². The lowest BCUT2D eigenvalue weighted by molar-refractivity contribution is -0.137. The number of carboxylic acids is 1. The first-order valence-electron chi connectivity index (χ1n) is 9.15. The van der Waals surface area contributed by atoms with Crippen molar-refractivity contribution in [2.45, 2.75) is 25.7 Å². The van der Waals surface area contributed by atoms with E-state index < -0.39 is 5.97 Å². The molecule has 0 radical (unpaired) electrons. The lowest BCUT2D eigenvalue weighted by Crippen LogP contribution is -2.40. The van der Waals surface area contributed by atoms with E-state index >= 15 is 0 Å². The third kappa shape index (κ3) is 3.58. The van der Waals surface area contributed by atoms with Gasteiger partial charge in [-0.15, -0.1) is 0 Å². The van der Waals surface area contributed by atoms with E-state index in [1.807, 2.05) is 30.3 Å². The molecule has 1 unspecified atom stereocenters. The molecular formula is C20H21N3O4. The average Bonchev–Trinajstić information content (AvgIpc) is 3.32. The van der Waals surface area contributed by atoms with Crippen LogP contribution in [0.15, 0.2) is 40.9 Å². The lowest BCUT2D eigenvalue weighted by atomic mass is 9.93. The van der Waals surface area contributed by atoms with Crippen molar-refractivity contribution in [3.05, 3.63) is 42.1 Å². The Morgan fingerprint density at radius 2 is 2.19 bits per heavy atom. The SMILES string of the molecule is O=C(O)CCC1CCCN(C(=O)c2cn[nH]c2-c2cc3ccccc3o2)C1. The standard InChI is InChI=1S/C20H21N3O4/c24-18(25)8-7-13-4-3-9-23(12-13)20(26)15-11-21-22-19(15)17-10-14-5-1-2-6-16(14)27-17/h1-2,5-6,10-11,13H,3-4,7-9,12H2,(H,21,22)(H,24,25). The van der Waals surface area contributed by atoms with Crippen molar-refractivity contribution >= 4 is 22.8 Å². The fraction of sp³-hybridized carbons (Fsp3) is 0.350. The van der Waals surface area contributed by atoms with Crippen LogP contribution in [0.1, 0.15) is 36.0 Å². The van der Waals surface area contributed by atoms with Crippen LogP contribution in [0.2, 0.25) is 0 Å². The Morgan fingerprint density at radius 1 is 1.33 bits per heavy atom. The number of carbonyl (C=O) groups excluding carboxylic acids is 1. The first-order valence-corrected chi connectivity index (χ1v) is 9.15. The van der Waals surface area contributed by atoms with Crippen LogP contribution in [0.5, 0.6) is 0 Å². The Balaban J connectivity index is 1.54. The number of aliphatic carboxylic acids is 1. The smallest absolute Gasteiger partial charge is 0.303 e. The predicted octanol–water partition coefficient (Wildman–Crippen LogP) is 3.54. The van der Waals surface area contributed by atoms with Crippen LogP contribution in [0.3, 0.4) is 0 Å². The summed E-state index contributed by atoms with van der Waals surface area (Å²) < 4.78 is 5.87. The molecule has 3 heterocycles. The van der Waals surface area contributed by atoms with E-state index in [9.17, 15) is 9.59 Å². The monoisotopic (exact) mass is 367 g/mol. The Morgan fingerprint density at radius 3 is 3.00 bits per heavy atom. The molecule has 0 bridgehead atoms. The van der Waals surface area contributed by atoms with Crippen molar-refractivity contribution in [3.8, 4) is 11.5 Å². The number of carboxylic acid groups (broad SMARTS) is 1. The van der Waals surface area contributed by atoms with Crippen molar-refractivity contribution in [2.75, 3.05) is 13.1 Å². The third-order valence-corrected chi connectivity index (χ3v) is 5.11. The van der Waals surface area contributed by atoms with Crippen LogP contribution in [0, 0.1) is 5.92 Å². The molecule has 1 aliphatic heterocycles. The molecule has 2 aromatic heterocycles. The maximum Gasteiger partial charge on any atom is 0.303 e. The van der Waals surface area contributed by atoms with E-state index in [0.717, 1.165) is 23.8 Å². The first-order chi connectivity index (χ1) is 13.1. The second kappa shape index (κ2) is 7.26. The summed E-state index contributed by atoms with van der Waals surface area (Å²) in [6.07, 6.45) is 4.11. The molecular weight excluding hydrogens is 346 g/mol. The summed E-state index contributed by atoms with van der Waals surface area (Å²) in [5.74, 6) is -0.0866. The van der Waals surface area contributed by atoms with Crippen molar-refractivity contribution in [3.63, 3.8) is 0 Å². The fourth-order valence-corrected chi connectivity index (χ4v) is 3.72. The summed E-state index contributed by atoms with van der Waals surface area (Å²) in [7, 11) is 0. The Labute approximate surface area is 156 Å². The third-order valence-electron chi connectivity index (χ3n) is 5.11. The first kappa shape index (κ1) is 17.3. The minimum atomic E-state index is -0.791. The molecule has 7 nitrogen and oxygen atoms in total. The molecule has 1 fully saturated rings. The van der Waals surface area contributed by atoms with Crippen LogP contribution in [-0.4, -0.2) is 45.2 Å². The molecule has 1 atom stereocenters. The number of furan rings is 1. The number of H-pyrrole nitrogens is 1. The van der Waals surface area contributed by atoms with Gasteiger partial charge in [-0.3, -0.25) is 14.7 Å². The molecule has 140 valence electrons. The Bertz CT molecular complexity index is 941. The molecule has 1 saturated heterocycles. The largest absolute Gasteiger partial charge is 0.481 e. The van der Waals surface area contributed by atoms with Crippen molar-refractivity contribution in [1.82, 2.24) is 15.1 Å². The van der Waals surface area contributed by atoms with Gasteiger partial charge in [-0.2, -0.15) is 5.10 Å². The maximum absolute atomic E-state index is 13.1. The number of nitrogens with one attached hydrogen (secondary N) is 1. The van der Waals surface area contributed by atoms with E-state index in [-0.39, 0.29) is 18.2 Å². The van der Waals surface area contributed by atoms with Crippen molar-refractivity contribution in [1.29, 1.82) is 0 Å². The number of fused-ring (bicyclic) bond motifs is 1. The second-order valence-electron chi connectivity index (χ2n) is 7.00. The van der Waals surface area contributed by atoms with E-state index in [4.69, 9.17) is 9.52 Å². The summed E-state index contributed by atoms with van der Waals surface area (Å²) in [6.45, 7) is 1.25. The summed E-state index contributed by atoms with van der Waals surface area (Å²) in [5, 5.41) is 16.8. The number of hydrogen-bond donors (Lipinski definition) is 2. The van der Waals surface area contributed by atoms with Gasteiger partial charge in [0.1, 0.15) is 11.3 Å². The van der Waals surface area contributed by atoms with Crippen LogP contribution >= 0.6 is 0 Å². The highest BCUT2D eigenvalue weighted by Gasteiger charge is 2.28. The zero-order valence-corrected chi connectivity index (χ0v) is 14.9. The highest BCUT2D eigenvalue weighted by molar-refractivity contribution is 6.00. The molecule has 0 saturated carbocycles. The maximum atomic E-state index is 13.1. The van der Waals surface area contributed by atoms with Gasteiger partial charge in [-0.25, -0.2) is 0 Å². The number of amides is 1. The molecule has 1 aromatic carbocycles. The zero-order chi connectivity index (χ0) is 18.8. The van der Waals surface area contributed by atoms with Gasteiger partial charge in [0.15, 0.2) is 5.76 Å². The normalized spacial score (nSPS) is 17.3. The molecule has 0 aliphatic carbocycles. The van der Waals surface area contributed by atoms with Crippen molar-refractivity contribution < 1.29 is 19.1 Å². The molecule has 0 spiro atoms. The number of carbonyl (C=O) groups is 2. The van der Waals surface area contributed by atoms with E-state index in [0.29, 0.717) is 36.5 Å². The van der Waals surface area contributed by atoms with E-state index in [2.05, 4.69) is 10.2 Å². The molecule has 1 aliphatic rings. The molecule has 2 N–H and O–H groups in total. The fourth-order valence-electron chi connectivity index (χ4n) is 3.72. The minimum Gasteiger partial charge on any atom is -0.481 e. The van der Waals surface area contributed by atoms with E-state index in [1.54, 1.807) is 4.90 Å². The quantitative estimate of drug-likeness (QED) is 0.718. The van der Waals surface area contributed by atoms with Gasteiger partial charge in [-0.1, -0.05) is 18.2 Å². The Hall–Kier alpha value is -3.09. The van der Waals surface area contributed by atoms with Gasteiger partial charge in [-0.05, 0) is 37.3 Å². The lowest BCUT2D eigenvalue weighted by Gasteiger charge is -2.32. The van der Waals surface area contributed by atoms with Gasteiger partial charge >= 0.3 is 5.97 Å². The number of likely N-dealkylation sites (tertiary alicyclic amines) is 1. The summed E-state index contributed by atoms with van der Waals surface area (Å²) >= 11 is 0. The molecule has 4 rings (SSSR count). The number of nitrogens with zero attached hydrogens (tertiary/aromatic N) is 2. The predicted molar refractivity (Wildman–Crippen MR) is 99.3 cm³/mol. The average molecular weight is 367 g/mol. The van der Waals surface area contributed by atoms with Crippen LogP contribution in [0.4, 0.5) is 0 Å². The molecule has 7 heteroatoms. The van der Waals surface area contributed by atoms with Crippen LogP contribution < -0.4 is 0 Å². The second-order valence-corrected chi connectivity index (χ2v) is 7.00. The summed E-state index contributed by atoms with van der Waals surface area (Å²) in [4.78, 5) is 25.7. The summed E-state index contributed by atoms with van der Waals surface area (Å²) in [6, 6.07) is 9.57. The highest BCUT2D eigenvalue weighted by atomic mass is 16.4. The molecule has 1 amide bonds. The molecule has 3 aromatic rings. The van der Waals surface area contributed by atoms with Gasteiger partial charge in [0.2, 0.25) is 0 Å². The summed E-state index contributed by atoms with van der Waals surface area (Å²) in [5.41, 5.74) is 1.81. The number of para-hydroxylation sites is 1. The van der Waals surface area contributed by atoms with Gasteiger partial charge in [0.05, 0.1) is 11.8 Å². The van der Waals surface area contributed by atoms with E-state index in [1.165, 1.54) is 6.20 Å². The minimum absolute atomic E-state index is 0.0979. The number of aromatic nitrogens is 2. The van der Waals surface area contributed by atoms with Gasteiger partial charge in [0, 0.05) is 24.9 Å². The molecule has 27 heavy (non-hydrogen) atoms. The number of piperidine rings is 1. The topological polar surface area (TPSA) is 99.4 Å². The number of benzene rings is 1. The number of hydrogen-bond acceptors (Lipinski definition) is 4.